The minimum absolute atomic E-state index is 0.288. The quantitative estimate of drug-likeness (QED) is 0.0989. The first-order chi connectivity index (χ1) is 21.9. The molecular formula is C35H33FN4O3S2. The zero-order valence-electron chi connectivity index (χ0n) is 25.4. The molecule has 3 aromatic carbocycles. The summed E-state index contributed by atoms with van der Waals surface area (Å²) in [5.41, 5.74) is 5.44. The van der Waals surface area contributed by atoms with E-state index in [2.05, 4.69) is 40.2 Å². The summed E-state index contributed by atoms with van der Waals surface area (Å²) in [6.45, 7) is 4.76. The van der Waals surface area contributed by atoms with Crippen molar-refractivity contribution in [2.75, 3.05) is 26.6 Å². The lowest BCUT2D eigenvalue weighted by Crippen LogP contribution is -2.23. The third-order valence-electron chi connectivity index (χ3n) is 7.68. The lowest BCUT2D eigenvalue weighted by atomic mass is 9.81. The molecule has 0 saturated heterocycles. The van der Waals surface area contributed by atoms with Gasteiger partial charge in [-0.25, -0.2) is 14.4 Å². The number of thiophene rings is 1. The van der Waals surface area contributed by atoms with Gasteiger partial charge in [-0.15, -0.1) is 0 Å². The first kappa shape index (κ1) is 30.5. The van der Waals surface area contributed by atoms with Crippen LogP contribution in [0.25, 0.3) is 22.6 Å². The zero-order valence-corrected chi connectivity index (χ0v) is 27.1. The number of methoxy groups -OCH3 is 2. The Balaban J connectivity index is 1.17. The highest BCUT2D eigenvalue weighted by Gasteiger charge is 2.30. The third-order valence-corrected chi connectivity index (χ3v) is 9.28. The molecule has 230 valence electrons. The highest BCUT2D eigenvalue weighted by Crippen LogP contribution is 2.39. The first-order valence-corrected chi connectivity index (χ1v) is 16.3. The van der Waals surface area contributed by atoms with Crippen molar-refractivity contribution >= 4 is 23.1 Å². The maximum absolute atomic E-state index is 13.9. The minimum atomic E-state index is -0.461. The fourth-order valence-corrected chi connectivity index (χ4v) is 6.58. The smallest absolute Gasteiger partial charge is 0.172 e. The van der Waals surface area contributed by atoms with E-state index in [0.717, 1.165) is 44.8 Å². The summed E-state index contributed by atoms with van der Waals surface area (Å²) in [7, 11) is 3.25. The molecule has 0 aliphatic rings. The SMILES string of the molecule is COc1ccc(C(C)(C)c2cnc(SCCOc3ccc(-n4cnc(-c5ccsc5)c4)cc3)n2-c2ccc(F)cc2)cc1OC. The predicted octanol–water partition coefficient (Wildman–Crippen LogP) is 8.44. The van der Waals surface area contributed by atoms with Crippen molar-refractivity contribution in [1.82, 2.24) is 19.1 Å². The van der Waals surface area contributed by atoms with E-state index in [1.165, 1.54) is 12.1 Å². The van der Waals surface area contributed by atoms with Crippen LogP contribution in [-0.2, 0) is 5.41 Å². The Morgan fingerprint density at radius 2 is 1.64 bits per heavy atom. The number of benzene rings is 3. The second-order valence-electron chi connectivity index (χ2n) is 10.8. The second-order valence-corrected chi connectivity index (χ2v) is 12.6. The molecule has 0 aliphatic heterocycles. The monoisotopic (exact) mass is 640 g/mol. The molecule has 6 aromatic rings. The Hall–Kier alpha value is -4.54. The van der Waals surface area contributed by atoms with Crippen LogP contribution in [-0.4, -0.2) is 45.7 Å². The molecule has 0 spiro atoms. The van der Waals surface area contributed by atoms with E-state index in [0.29, 0.717) is 23.9 Å². The van der Waals surface area contributed by atoms with Gasteiger partial charge < -0.3 is 18.8 Å². The largest absolute Gasteiger partial charge is 0.493 e. The Morgan fingerprint density at radius 1 is 0.889 bits per heavy atom. The van der Waals surface area contributed by atoms with Gasteiger partial charge in [-0.05, 0) is 77.7 Å². The van der Waals surface area contributed by atoms with E-state index in [1.807, 2.05) is 65.8 Å². The number of imidazole rings is 2. The maximum Gasteiger partial charge on any atom is 0.172 e. The van der Waals surface area contributed by atoms with Crippen molar-refractivity contribution in [2.24, 2.45) is 0 Å². The molecule has 0 N–H and O–H groups in total. The third kappa shape index (κ3) is 6.48. The number of ether oxygens (including phenoxy) is 3. The van der Waals surface area contributed by atoms with Crippen LogP contribution < -0.4 is 14.2 Å². The fourth-order valence-electron chi connectivity index (χ4n) is 5.12. The Kier molecular flexibility index (Phi) is 8.95. The summed E-state index contributed by atoms with van der Waals surface area (Å²) in [4.78, 5) is 9.33. The van der Waals surface area contributed by atoms with Gasteiger partial charge in [0, 0.05) is 39.7 Å². The number of nitrogens with zero attached hydrogens (tertiary/aromatic N) is 4. The second kappa shape index (κ2) is 13.2. The van der Waals surface area contributed by atoms with E-state index in [1.54, 1.807) is 49.5 Å². The standard InChI is InChI=1S/C35H33FN4O3S2/c1-35(2,25-5-14-31(41-3)32(19-25)42-4)33-20-37-34(40(33)28-8-6-26(36)7-9-28)45-18-16-43-29-12-10-27(11-13-29)39-21-30(38-23-39)24-15-17-44-22-24/h5-15,17,19-23H,16,18H2,1-4H3. The highest BCUT2D eigenvalue weighted by atomic mass is 32.2. The van der Waals surface area contributed by atoms with Crippen LogP contribution in [0.2, 0.25) is 0 Å². The van der Waals surface area contributed by atoms with Crippen LogP contribution in [0, 0.1) is 5.82 Å². The Labute approximate surface area is 270 Å². The maximum atomic E-state index is 13.9. The van der Waals surface area contributed by atoms with E-state index in [9.17, 15) is 4.39 Å². The van der Waals surface area contributed by atoms with E-state index in [-0.39, 0.29) is 5.82 Å². The molecule has 0 radical (unpaired) electrons. The summed E-state index contributed by atoms with van der Waals surface area (Å²) in [5, 5.41) is 4.94. The van der Waals surface area contributed by atoms with Crippen molar-refractivity contribution < 1.29 is 18.6 Å². The van der Waals surface area contributed by atoms with Crippen molar-refractivity contribution in [3.05, 3.63) is 119 Å². The molecule has 3 heterocycles. The van der Waals surface area contributed by atoms with Gasteiger partial charge >= 0.3 is 0 Å². The first-order valence-electron chi connectivity index (χ1n) is 14.4. The molecule has 6 rings (SSSR count). The summed E-state index contributed by atoms with van der Waals surface area (Å²) < 4.78 is 35.1. The highest BCUT2D eigenvalue weighted by molar-refractivity contribution is 7.99. The lowest BCUT2D eigenvalue weighted by molar-refractivity contribution is 0.344. The molecule has 0 bridgehead atoms. The lowest BCUT2D eigenvalue weighted by Gasteiger charge is -2.28. The fraction of sp³-hybridized carbons (Fsp3) is 0.200. The van der Waals surface area contributed by atoms with Gasteiger partial charge in [-0.3, -0.25) is 4.57 Å². The van der Waals surface area contributed by atoms with Gasteiger partial charge in [0.05, 0.1) is 44.7 Å². The average molecular weight is 641 g/mol. The van der Waals surface area contributed by atoms with Gasteiger partial charge in [0.2, 0.25) is 0 Å². The molecule has 7 nitrogen and oxygen atoms in total. The number of aromatic nitrogens is 4. The van der Waals surface area contributed by atoms with E-state index >= 15 is 0 Å². The van der Waals surface area contributed by atoms with Crippen LogP contribution in [0.5, 0.6) is 17.2 Å². The Bertz CT molecular complexity index is 1860. The predicted molar refractivity (Wildman–Crippen MR) is 178 cm³/mol. The number of thioether (sulfide) groups is 1. The summed E-state index contributed by atoms with van der Waals surface area (Å²) >= 11 is 3.25. The number of hydrogen-bond donors (Lipinski definition) is 0. The molecular weight excluding hydrogens is 608 g/mol. The summed E-state index contributed by atoms with van der Waals surface area (Å²) in [6.07, 6.45) is 5.74. The topological polar surface area (TPSA) is 63.3 Å². The Morgan fingerprint density at radius 3 is 2.36 bits per heavy atom. The molecule has 0 atom stereocenters. The molecule has 0 unspecified atom stereocenters. The van der Waals surface area contributed by atoms with E-state index < -0.39 is 5.41 Å². The van der Waals surface area contributed by atoms with Gasteiger partial charge in [0.15, 0.2) is 16.7 Å². The van der Waals surface area contributed by atoms with Gasteiger partial charge in [-0.2, -0.15) is 11.3 Å². The molecule has 10 heteroatoms. The van der Waals surface area contributed by atoms with Crippen molar-refractivity contribution in [1.29, 1.82) is 0 Å². The van der Waals surface area contributed by atoms with Crippen molar-refractivity contribution in [2.45, 2.75) is 24.4 Å². The molecule has 3 aromatic heterocycles. The zero-order chi connectivity index (χ0) is 31.4. The van der Waals surface area contributed by atoms with Crippen molar-refractivity contribution in [3.8, 4) is 39.9 Å². The molecule has 0 saturated carbocycles. The molecule has 0 aliphatic carbocycles. The molecule has 0 amide bonds. The number of rotatable bonds is 12. The molecule has 45 heavy (non-hydrogen) atoms. The average Bonchev–Trinajstić information content (AvgIpc) is 3.85. The van der Waals surface area contributed by atoms with Gasteiger partial charge in [0.25, 0.3) is 0 Å². The van der Waals surface area contributed by atoms with Gasteiger partial charge in [-0.1, -0.05) is 31.7 Å². The summed E-state index contributed by atoms with van der Waals surface area (Å²) in [5.74, 6) is 2.49. The van der Waals surface area contributed by atoms with Crippen LogP contribution in [0.3, 0.4) is 0 Å². The van der Waals surface area contributed by atoms with Crippen molar-refractivity contribution in [3.63, 3.8) is 0 Å². The van der Waals surface area contributed by atoms with Crippen LogP contribution in [0.15, 0.2) is 107 Å². The van der Waals surface area contributed by atoms with Crippen LogP contribution in [0.1, 0.15) is 25.1 Å². The summed E-state index contributed by atoms with van der Waals surface area (Å²) in [6, 6.07) is 22.5. The minimum Gasteiger partial charge on any atom is -0.493 e. The van der Waals surface area contributed by atoms with Gasteiger partial charge in [0.1, 0.15) is 11.6 Å². The number of halogens is 1. The number of hydrogen-bond acceptors (Lipinski definition) is 7. The van der Waals surface area contributed by atoms with Crippen LogP contribution in [0.4, 0.5) is 4.39 Å². The van der Waals surface area contributed by atoms with E-state index in [4.69, 9.17) is 19.2 Å². The molecule has 0 fully saturated rings. The van der Waals surface area contributed by atoms with Crippen LogP contribution >= 0.6 is 23.1 Å². The normalized spacial score (nSPS) is 11.5.